The van der Waals surface area contributed by atoms with Gasteiger partial charge in [-0.15, -0.1) is 0 Å². The van der Waals surface area contributed by atoms with Crippen LogP contribution < -0.4 is 10.2 Å². The van der Waals surface area contributed by atoms with Gasteiger partial charge >= 0.3 is 5.97 Å². The number of pyridine rings is 1. The summed E-state index contributed by atoms with van der Waals surface area (Å²) in [5, 5.41) is 22.4. The highest BCUT2D eigenvalue weighted by Crippen LogP contribution is 2.37. The number of aromatic nitrogens is 3. The maximum absolute atomic E-state index is 14.6. The van der Waals surface area contributed by atoms with Gasteiger partial charge in [-0.1, -0.05) is 17.7 Å². The van der Waals surface area contributed by atoms with Gasteiger partial charge in [-0.05, 0) is 37.6 Å². The molecule has 4 rings (SSSR count). The number of carbonyl (C=O) groups is 1. The van der Waals surface area contributed by atoms with E-state index in [0.717, 1.165) is 5.56 Å². The van der Waals surface area contributed by atoms with E-state index in [-0.39, 0.29) is 41.2 Å². The average molecular weight is 517 g/mol. The van der Waals surface area contributed by atoms with E-state index >= 15 is 0 Å². The molecule has 0 saturated carbocycles. The highest BCUT2D eigenvalue weighted by atomic mass is 35.5. The normalized spacial score (nSPS) is 17.7. The standard InChI is InChI=1S/C24H23ClF2N6O3/c1-12-6-15(13(2)29-16-4-5-19(25)31-21(16)23(34)35)20-17(7-12)30-18(8-28)22(32-20)33-9-14(10-36-3)24(26,27)11-33/h4-7,13-14,29H,9-11H2,1-3H3,(H,34,35)/t13-,14+/m1/s1. The number of anilines is 2. The maximum atomic E-state index is 14.6. The van der Waals surface area contributed by atoms with Gasteiger partial charge in [0.25, 0.3) is 5.92 Å². The first-order valence-electron chi connectivity index (χ1n) is 11.0. The summed E-state index contributed by atoms with van der Waals surface area (Å²) in [7, 11) is 1.37. The Morgan fingerprint density at radius 1 is 1.39 bits per heavy atom. The lowest BCUT2D eigenvalue weighted by Gasteiger charge is -2.22. The topological polar surface area (TPSA) is 124 Å². The summed E-state index contributed by atoms with van der Waals surface area (Å²) in [4.78, 5) is 26.0. The molecule has 2 N–H and O–H groups in total. The van der Waals surface area contributed by atoms with Crippen LogP contribution in [0.5, 0.6) is 0 Å². The van der Waals surface area contributed by atoms with Gasteiger partial charge in [-0.3, -0.25) is 0 Å². The first-order valence-corrected chi connectivity index (χ1v) is 11.4. The van der Waals surface area contributed by atoms with E-state index in [1.165, 1.54) is 24.1 Å². The van der Waals surface area contributed by atoms with E-state index < -0.39 is 30.4 Å². The molecule has 2 atom stereocenters. The van der Waals surface area contributed by atoms with Gasteiger partial charge in [-0.25, -0.2) is 28.5 Å². The summed E-state index contributed by atoms with van der Waals surface area (Å²) in [6, 6.07) is 8.08. The van der Waals surface area contributed by atoms with Gasteiger partial charge in [0.15, 0.2) is 17.2 Å². The Bertz CT molecular complexity index is 1380. The van der Waals surface area contributed by atoms with Crippen LogP contribution in [0.4, 0.5) is 20.3 Å². The van der Waals surface area contributed by atoms with Crippen LogP contribution in [0.2, 0.25) is 5.15 Å². The number of aryl methyl sites for hydroxylation is 1. The van der Waals surface area contributed by atoms with E-state index in [0.29, 0.717) is 16.6 Å². The van der Waals surface area contributed by atoms with Crippen LogP contribution in [0.25, 0.3) is 11.0 Å². The number of benzene rings is 1. The van der Waals surface area contributed by atoms with E-state index in [2.05, 4.69) is 20.3 Å². The Morgan fingerprint density at radius 2 is 2.14 bits per heavy atom. The highest BCUT2D eigenvalue weighted by molar-refractivity contribution is 6.29. The first kappa shape index (κ1) is 25.5. The molecule has 1 saturated heterocycles. The zero-order valence-electron chi connectivity index (χ0n) is 19.7. The Labute approximate surface area is 210 Å². The van der Waals surface area contributed by atoms with Crippen molar-refractivity contribution in [2.45, 2.75) is 25.8 Å². The molecular formula is C24H23ClF2N6O3. The predicted octanol–water partition coefficient (Wildman–Crippen LogP) is 4.45. The summed E-state index contributed by atoms with van der Waals surface area (Å²) in [5.41, 5.74) is 2.26. The number of hydrogen-bond donors (Lipinski definition) is 2. The number of ether oxygens (including phenoxy) is 1. The molecule has 36 heavy (non-hydrogen) atoms. The van der Waals surface area contributed by atoms with Crippen LogP contribution in [-0.4, -0.2) is 58.8 Å². The van der Waals surface area contributed by atoms with Gasteiger partial charge < -0.3 is 20.1 Å². The fourth-order valence-corrected chi connectivity index (χ4v) is 4.51. The molecule has 2 aromatic heterocycles. The number of nitrogens with one attached hydrogen (secondary N) is 1. The molecule has 1 aliphatic heterocycles. The molecule has 188 valence electrons. The van der Waals surface area contributed by atoms with E-state index in [4.69, 9.17) is 16.3 Å². The smallest absolute Gasteiger partial charge is 0.356 e. The Morgan fingerprint density at radius 3 is 2.81 bits per heavy atom. The summed E-state index contributed by atoms with van der Waals surface area (Å²) in [6.07, 6.45) is 0. The third-order valence-electron chi connectivity index (χ3n) is 6.04. The van der Waals surface area contributed by atoms with Crippen molar-refractivity contribution in [3.63, 3.8) is 0 Å². The van der Waals surface area contributed by atoms with Gasteiger partial charge in [0.1, 0.15) is 11.2 Å². The van der Waals surface area contributed by atoms with Crippen molar-refractivity contribution in [3.8, 4) is 6.07 Å². The second-order valence-corrected chi connectivity index (χ2v) is 9.11. The fraction of sp³-hybridized carbons (Fsp3) is 0.375. The Balaban J connectivity index is 1.78. The monoisotopic (exact) mass is 516 g/mol. The number of nitriles is 1. The summed E-state index contributed by atoms with van der Waals surface area (Å²) in [5.74, 6) is -5.24. The number of carboxylic acid groups (broad SMARTS) is 1. The number of nitrogens with zero attached hydrogens (tertiary/aromatic N) is 5. The van der Waals surface area contributed by atoms with Gasteiger partial charge in [-0.2, -0.15) is 5.26 Å². The third-order valence-corrected chi connectivity index (χ3v) is 6.25. The van der Waals surface area contributed by atoms with Crippen molar-refractivity contribution in [2.24, 2.45) is 5.92 Å². The van der Waals surface area contributed by atoms with E-state index in [9.17, 15) is 23.9 Å². The second-order valence-electron chi connectivity index (χ2n) is 8.72. The Hall–Kier alpha value is -3.62. The molecule has 0 bridgehead atoms. The van der Waals surface area contributed by atoms with Crippen molar-refractivity contribution in [2.75, 3.05) is 37.0 Å². The van der Waals surface area contributed by atoms with Gasteiger partial charge in [0.05, 0.1) is 41.8 Å². The number of alkyl halides is 2. The van der Waals surface area contributed by atoms with Gasteiger partial charge in [0.2, 0.25) is 0 Å². The lowest BCUT2D eigenvalue weighted by Crippen LogP contribution is -2.30. The van der Waals surface area contributed by atoms with Crippen molar-refractivity contribution < 1.29 is 23.4 Å². The quantitative estimate of drug-likeness (QED) is 0.438. The number of halogens is 3. The largest absolute Gasteiger partial charge is 0.476 e. The van der Waals surface area contributed by atoms with Gasteiger partial charge in [0, 0.05) is 19.2 Å². The van der Waals surface area contributed by atoms with E-state index in [1.54, 1.807) is 13.0 Å². The van der Waals surface area contributed by atoms with Crippen molar-refractivity contribution >= 4 is 40.1 Å². The molecule has 9 nitrogen and oxygen atoms in total. The minimum Gasteiger partial charge on any atom is -0.476 e. The molecular weight excluding hydrogens is 494 g/mol. The molecule has 0 spiro atoms. The molecule has 3 heterocycles. The number of rotatable bonds is 7. The van der Waals surface area contributed by atoms with Crippen LogP contribution in [-0.2, 0) is 4.74 Å². The lowest BCUT2D eigenvalue weighted by atomic mass is 10.0. The number of aromatic carboxylic acids is 1. The molecule has 0 aliphatic carbocycles. The SMILES string of the molecule is COC[C@@H]1CN(c2nc3c([C@@H](C)Nc4ccc(Cl)nc4C(=O)O)cc(C)cc3nc2C#N)CC1(F)F. The van der Waals surface area contributed by atoms with Crippen molar-refractivity contribution in [1.82, 2.24) is 15.0 Å². The summed E-state index contributed by atoms with van der Waals surface area (Å²) >= 11 is 5.86. The second kappa shape index (κ2) is 9.79. The zero-order valence-corrected chi connectivity index (χ0v) is 20.5. The summed E-state index contributed by atoms with van der Waals surface area (Å²) in [6.45, 7) is 2.87. The Kier molecular flexibility index (Phi) is 6.93. The lowest BCUT2D eigenvalue weighted by molar-refractivity contribution is -0.0462. The number of carboxylic acids is 1. The third kappa shape index (κ3) is 4.87. The van der Waals surface area contributed by atoms with Crippen LogP contribution in [0.15, 0.2) is 24.3 Å². The molecule has 0 radical (unpaired) electrons. The minimum atomic E-state index is -3.01. The van der Waals surface area contributed by atoms with Crippen LogP contribution in [0, 0.1) is 24.2 Å². The molecule has 1 aromatic carbocycles. The molecule has 1 fully saturated rings. The van der Waals surface area contributed by atoms with Crippen molar-refractivity contribution in [1.29, 1.82) is 5.26 Å². The van der Waals surface area contributed by atoms with Crippen LogP contribution in [0.3, 0.4) is 0 Å². The van der Waals surface area contributed by atoms with Crippen molar-refractivity contribution in [3.05, 3.63) is 51.9 Å². The van der Waals surface area contributed by atoms with E-state index in [1.807, 2.05) is 19.1 Å². The van der Waals surface area contributed by atoms with Crippen LogP contribution >= 0.6 is 11.6 Å². The fourth-order valence-electron chi connectivity index (χ4n) is 4.36. The summed E-state index contributed by atoms with van der Waals surface area (Å²) < 4.78 is 34.1. The minimum absolute atomic E-state index is 0.0386. The number of hydrogen-bond acceptors (Lipinski definition) is 8. The number of fused-ring (bicyclic) bond motifs is 1. The molecule has 1 aliphatic rings. The molecule has 12 heteroatoms. The number of methoxy groups -OCH3 is 1. The average Bonchev–Trinajstić information content (AvgIpc) is 3.12. The maximum Gasteiger partial charge on any atom is 0.356 e. The molecule has 3 aromatic rings. The van der Waals surface area contributed by atoms with Crippen LogP contribution in [0.1, 0.15) is 40.3 Å². The predicted molar refractivity (Wildman–Crippen MR) is 130 cm³/mol. The highest BCUT2D eigenvalue weighted by Gasteiger charge is 2.49. The molecule has 0 unspecified atom stereocenters. The molecule has 0 amide bonds. The zero-order chi connectivity index (χ0) is 26.2. The first-order chi connectivity index (χ1) is 17.0.